The summed E-state index contributed by atoms with van der Waals surface area (Å²) < 4.78 is 1.92. The van der Waals surface area contributed by atoms with Crippen molar-refractivity contribution >= 4 is 11.6 Å². The smallest absolute Gasteiger partial charge is 0.254 e. The number of para-hydroxylation sites is 1. The van der Waals surface area contributed by atoms with E-state index in [1.807, 2.05) is 48.1 Å². The van der Waals surface area contributed by atoms with Crippen LogP contribution in [-0.2, 0) is 13.0 Å². The predicted octanol–water partition coefficient (Wildman–Crippen LogP) is 3.75. The van der Waals surface area contributed by atoms with Crippen molar-refractivity contribution in [2.75, 3.05) is 18.5 Å². The molecule has 3 aromatic rings. The van der Waals surface area contributed by atoms with Crippen LogP contribution in [0.4, 0.5) is 5.69 Å². The topological polar surface area (TPSA) is 50.2 Å². The number of hydrogen-bond donors (Lipinski definition) is 1. The van der Waals surface area contributed by atoms with E-state index in [2.05, 4.69) is 53.4 Å². The van der Waals surface area contributed by atoms with E-state index >= 15 is 0 Å². The molecule has 0 aliphatic carbocycles. The van der Waals surface area contributed by atoms with Gasteiger partial charge in [-0.25, -0.2) is 0 Å². The quantitative estimate of drug-likeness (QED) is 0.651. The lowest BCUT2D eigenvalue weighted by Gasteiger charge is -2.27. The summed E-state index contributed by atoms with van der Waals surface area (Å²) in [6.07, 6.45) is 2.44. The lowest BCUT2D eigenvalue weighted by atomic mass is 10.1. The zero-order valence-electron chi connectivity index (χ0n) is 16.8. The first-order valence-corrected chi connectivity index (χ1v) is 9.74. The van der Waals surface area contributed by atoms with Crippen molar-refractivity contribution in [2.24, 2.45) is 0 Å². The van der Waals surface area contributed by atoms with E-state index in [0.717, 1.165) is 17.8 Å². The fraction of sp³-hybridized carbons (Fsp3) is 0.304. The summed E-state index contributed by atoms with van der Waals surface area (Å²) in [5, 5.41) is 7.53. The number of rotatable bonds is 8. The Morgan fingerprint density at radius 3 is 2.39 bits per heavy atom. The minimum absolute atomic E-state index is 0.0653. The van der Waals surface area contributed by atoms with Crippen LogP contribution in [-0.4, -0.2) is 35.3 Å². The summed E-state index contributed by atoms with van der Waals surface area (Å²) in [6.45, 7) is 5.40. The molecular weight excluding hydrogens is 348 g/mol. The van der Waals surface area contributed by atoms with Gasteiger partial charge in [-0.2, -0.15) is 5.10 Å². The molecular formula is C23H28N4O. The number of anilines is 1. The molecule has 1 aromatic heterocycles. The molecule has 0 spiro atoms. The van der Waals surface area contributed by atoms with Crippen LogP contribution in [0.5, 0.6) is 0 Å². The van der Waals surface area contributed by atoms with Crippen LogP contribution in [0.1, 0.15) is 35.5 Å². The first-order valence-electron chi connectivity index (χ1n) is 9.74. The van der Waals surface area contributed by atoms with Crippen LogP contribution in [0.15, 0.2) is 66.9 Å². The molecule has 0 bridgehead atoms. The number of aromatic nitrogens is 2. The molecule has 1 amide bonds. The Bertz CT molecular complexity index is 889. The van der Waals surface area contributed by atoms with Gasteiger partial charge in [0.2, 0.25) is 0 Å². The molecule has 0 radical (unpaired) electrons. The Kier molecular flexibility index (Phi) is 6.48. The maximum Gasteiger partial charge on any atom is 0.254 e. The highest BCUT2D eigenvalue weighted by molar-refractivity contribution is 5.95. The van der Waals surface area contributed by atoms with Crippen molar-refractivity contribution in [3.63, 3.8) is 0 Å². The van der Waals surface area contributed by atoms with Crippen molar-refractivity contribution in [1.29, 1.82) is 0 Å². The van der Waals surface area contributed by atoms with E-state index in [9.17, 15) is 4.79 Å². The predicted molar refractivity (Wildman–Crippen MR) is 114 cm³/mol. The standard InChI is InChI=1S/C23H28N4O/c1-4-22-21(16-25-27(22)17-19-11-7-5-8-12-19)23(28)24-15-18(2)26(3)20-13-9-6-10-14-20/h5-14,16,18H,4,15,17H2,1-3H3,(H,24,28). The minimum atomic E-state index is -0.0653. The average Bonchev–Trinajstić information content (AvgIpc) is 3.15. The summed E-state index contributed by atoms with van der Waals surface area (Å²) in [7, 11) is 2.04. The van der Waals surface area contributed by atoms with Crippen molar-refractivity contribution in [2.45, 2.75) is 32.9 Å². The Balaban J connectivity index is 1.64. The minimum Gasteiger partial charge on any atom is -0.370 e. The van der Waals surface area contributed by atoms with Gasteiger partial charge in [-0.05, 0) is 31.0 Å². The Morgan fingerprint density at radius 1 is 1.11 bits per heavy atom. The molecule has 28 heavy (non-hydrogen) atoms. The highest BCUT2D eigenvalue weighted by atomic mass is 16.1. The second kappa shape index (κ2) is 9.22. The van der Waals surface area contributed by atoms with Gasteiger partial charge in [0.05, 0.1) is 24.0 Å². The van der Waals surface area contributed by atoms with Crippen molar-refractivity contribution in [1.82, 2.24) is 15.1 Å². The maximum atomic E-state index is 12.8. The van der Waals surface area contributed by atoms with Crippen LogP contribution in [0.3, 0.4) is 0 Å². The molecule has 0 saturated heterocycles. The molecule has 1 N–H and O–H groups in total. The van der Waals surface area contributed by atoms with Crippen molar-refractivity contribution in [3.05, 3.63) is 83.7 Å². The summed E-state index contributed by atoms with van der Waals surface area (Å²) in [5.41, 5.74) is 3.93. The molecule has 5 nitrogen and oxygen atoms in total. The average molecular weight is 377 g/mol. The van der Waals surface area contributed by atoms with Crippen LogP contribution in [0, 0.1) is 0 Å². The van der Waals surface area contributed by atoms with Crippen LogP contribution in [0.2, 0.25) is 0 Å². The van der Waals surface area contributed by atoms with E-state index < -0.39 is 0 Å². The lowest BCUT2D eigenvalue weighted by Crippen LogP contribution is -2.40. The molecule has 0 aliphatic heterocycles. The molecule has 0 aliphatic rings. The maximum absolute atomic E-state index is 12.8. The van der Waals surface area contributed by atoms with Gasteiger partial charge >= 0.3 is 0 Å². The molecule has 3 rings (SSSR count). The number of likely N-dealkylation sites (N-methyl/N-ethyl adjacent to an activating group) is 1. The van der Waals surface area contributed by atoms with Gasteiger partial charge in [-0.1, -0.05) is 55.5 Å². The van der Waals surface area contributed by atoms with Crippen molar-refractivity contribution < 1.29 is 4.79 Å². The van der Waals surface area contributed by atoms with Gasteiger partial charge in [-0.15, -0.1) is 0 Å². The normalized spacial score (nSPS) is 11.8. The highest BCUT2D eigenvalue weighted by Crippen LogP contribution is 2.15. The van der Waals surface area contributed by atoms with Gasteiger partial charge in [0.25, 0.3) is 5.91 Å². The first-order chi connectivity index (χ1) is 13.6. The third-order valence-corrected chi connectivity index (χ3v) is 5.09. The number of nitrogens with one attached hydrogen (secondary N) is 1. The second-order valence-electron chi connectivity index (χ2n) is 7.01. The molecule has 2 aromatic carbocycles. The van der Waals surface area contributed by atoms with Gasteiger partial charge in [0.1, 0.15) is 0 Å². The molecule has 1 heterocycles. The summed E-state index contributed by atoms with van der Waals surface area (Å²) >= 11 is 0. The Labute approximate surface area is 167 Å². The van der Waals surface area contributed by atoms with Gasteiger partial charge < -0.3 is 10.2 Å². The SMILES string of the molecule is CCc1c(C(=O)NCC(C)N(C)c2ccccc2)cnn1Cc1ccccc1. The van der Waals surface area contributed by atoms with Crippen LogP contribution < -0.4 is 10.2 Å². The third-order valence-electron chi connectivity index (χ3n) is 5.09. The molecule has 146 valence electrons. The zero-order chi connectivity index (χ0) is 19.9. The zero-order valence-corrected chi connectivity index (χ0v) is 16.8. The van der Waals surface area contributed by atoms with Crippen LogP contribution in [0.25, 0.3) is 0 Å². The van der Waals surface area contributed by atoms with E-state index in [1.165, 1.54) is 5.56 Å². The summed E-state index contributed by atoms with van der Waals surface area (Å²) in [5.74, 6) is -0.0653. The number of benzene rings is 2. The fourth-order valence-corrected chi connectivity index (χ4v) is 3.26. The second-order valence-corrected chi connectivity index (χ2v) is 7.01. The largest absolute Gasteiger partial charge is 0.370 e. The fourth-order valence-electron chi connectivity index (χ4n) is 3.26. The van der Waals surface area contributed by atoms with Gasteiger partial charge in [0.15, 0.2) is 0 Å². The summed E-state index contributed by atoms with van der Waals surface area (Å²) in [6, 6.07) is 20.5. The number of hydrogen-bond acceptors (Lipinski definition) is 3. The monoisotopic (exact) mass is 376 g/mol. The Hall–Kier alpha value is -3.08. The van der Waals surface area contributed by atoms with Crippen molar-refractivity contribution in [3.8, 4) is 0 Å². The number of carbonyl (C=O) groups excluding carboxylic acids is 1. The highest BCUT2D eigenvalue weighted by Gasteiger charge is 2.18. The van der Waals surface area contributed by atoms with Gasteiger partial charge in [0, 0.05) is 25.3 Å². The molecule has 1 unspecified atom stereocenters. The van der Waals surface area contributed by atoms with E-state index in [0.29, 0.717) is 18.7 Å². The molecule has 5 heteroatoms. The number of nitrogens with zero attached hydrogens (tertiary/aromatic N) is 3. The van der Waals surface area contributed by atoms with E-state index in [-0.39, 0.29) is 11.9 Å². The van der Waals surface area contributed by atoms with E-state index in [1.54, 1.807) is 6.20 Å². The molecule has 0 saturated carbocycles. The number of amides is 1. The number of carbonyl (C=O) groups is 1. The van der Waals surface area contributed by atoms with Gasteiger partial charge in [-0.3, -0.25) is 9.48 Å². The van der Waals surface area contributed by atoms with E-state index in [4.69, 9.17) is 0 Å². The lowest BCUT2D eigenvalue weighted by molar-refractivity contribution is 0.0950. The first kappa shape index (κ1) is 19.7. The molecule has 1 atom stereocenters. The molecule has 0 fully saturated rings. The van der Waals surface area contributed by atoms with Crippen LogP contribution >= 0.6 is 0 Å². The third kappa shape index (κ3) is 4.60. The Morgan fingerprint density at radius 2 is 1.75 bits per heavy atom. The summed E-state index contributed by atoms with van der Waals surface area (Å²) in [4.78, 5) is 14.9.